The number of nitrogens with one attached hydrogen (secondary N) is 2. The maximum atomic E-state index is 11.2. The quantitative estimate of drug-likeness (QED) is 0.804. The van der Waals surface area contributed by atoms with E-state index < -0.39 is 9.84 Å². The van der Waals surface area contributed by atoms with Crippen molar-refractivity contribution in [3.05, 3.63) is 16.5 Å². The fourth-order valence-electron chi connectivity index (χ4n) is 1.59. The zero-order valence-electron chi connectivity index (χ0n) is 10.3. The highest BCUT2D eigenvalue weighted by Gasteiger charge is 2.22. The Balaban J connectivity index is 1.86. The van der Waals surface area contributed by atoms with Crippen LogP contribution in [0, 0.1) is 0 Å². The number of nitrogens with zero attached hydrogens (tertiary/aromatic N) is 2. The average Bonchev–Trinajstić information content (AvgIpc) is 2.86. The molecule has 1 aliphatic heterocycles. The maximum Gasteiger partial charge on any atom is 0.211 e. The van der Waals surface area contributed by atoms with Gasteiger partial charge in [-0.1, -0.05) is 18.3 Å². The molecule has 0 aromatic carbocycles. The summed E-state index contributed by atoms with van der Waals surface area (Å²) in [6.07, 6.45) is 3.50. The summed E-state index contributed by atoms with van der Waals surface area (Å²) in [5, 5.41) is 17.0. The number of thiocarbonyl (C=S) groups is 1. The highest BCUT2D eigenvalue weighted by Crippen LogP contribution is 2.16. The minimum Gasteiger partial charge on any atom is -0.355 e. The second kappa shape index (κ2) is 5.93. The van der Waals surface area contributed by atoms with Gasteiger partial charge in [0, 0.05) is 11.8 Å². The molecule has 104 valence electrons. The highest BCUT2D eigenvalue weighted by atomic mass is 32.2. The van der Waals surface area contributed by atoms with E-state index in [2.05, 4.69) is 27.8 Å². The van der Waals surface area contributed by atoms with Gasteiger partial charge in [-0.15, -0.1) is 10.2 Å². The van der Waals surface area contributed by atoms with Crippen molar-refractivity contribution in [3.63, 3.8) is 0 Å². The molecule has 0 bridgehead atoms. The van der Waals surface area contributed by atoms with Gasteiger partial charge in [-0.05, 0) is 24.7 Å². The van der Waals surface area contributed by atoms with Crippen LogP contribution < -0.4 is 10.6 Å². The molecule has 0 fully saturated rings. The summed E-state index contributed by atoms with van der Waals surface area (Å²) in [5.74, 6) is 0.0338. The van der Waals surface area contributed by atoms with Crippen molar-refractivity contribution in [2.45, 2.75) is 25.8 Å². The summed E-state index contributed by atoms with van der Waals surface area (Å²) in [6, 6.07) is -0.284. The van der Waals surface area contributed by atoms with E-state index in [0.717, 1.165) is 17.8 Å². The molecule has 6 nitrogen and oxygen atoms in total. The molecule has 1 aromatic rings. The summed E-state index contributed by atoms with van der Waals surface area (Å²) in [4.78, 5) is 0. The van der Waals surface area contributed by atoms with Gasteiger partial charge in [0.05, 0.1) is 11.8 Å². The van der Waals surface area contributed by atoms with Gasteiger partial charge in [0.15, 0.2) is 14.9 Å². The lowest BCUT2D eigenvalue weighted by atomic mass is 10.3. The molecule has 2 N–H and O–H groups in total. The fourth-order valence-corrected chi connectivity index (χ4v) is 3.98. The van der Waals surface area contributed by atoms with E-state index in [0.29, 0.717) is 10.2 Å². The topological polar surface area (TPSA) is 84.0 Å². The fraction of sp³-hybridized carbons (Fsp3) is 0.500. The third kappa shape index (κ3) is 4.22. The smallest absolute Gasteiger partial charge is 0.211 e. The molecule has 2 rings (SSSR count). The van der Waals surface area contributed by atoms with Gasteiger partial charge < -0.3 is 10.6 Å². The first-order valence-electron chi connectivity index (χ1n) is 5.79. The van der Waals surface area contributed by atoms with Crippen molar-refractivity contribution < 1.29 is 8.42 Å². The Morgan fingerprint density at radius 1 is 1.58 bits per heavy atom. The van der Waals surface area contributed by atoms with Crippen molar-refractivity contribution in [2.75, 3.05) is 11.1 Å². The predicted octanol–water partition coefficient (Wildman–Crippen LogP) is 1.09. The third-order valence-corrected chi connectivity index (χ3v) is 4.91. The van der Waals surface area contributed by atoms with E-state index in [1.807, 2.05) is 0 Å². The van der Waals surface area contributed by atoms with Crippen molar-refractivity contribution >= 4 is 43.6 Å². The molecular formula is C10H14N4O2S3. The van der Waals surface area contributed by atoms with Gasteiger partial charge in [-0.2, -0.15) is 0 Å². The monoisotopic (exact) mass is 318 g/mol. The van der Waals surface area contributed by atoms with Crippen LogP contribution in [0.3, 0.4) is 0 Å². The normalized spacial score (nSPS) is 20.4. The molecule has 0 unspecified atom stereocenters. The van der Waals surface area contributed by atoms with E-state index >= 15 is 0 Å². The molecule has 0 aliphatic carbocycles. The lowest BCUT2D eigenvalue weighted by Crippen LogP contribution is -2.38. The number of sulfone groups is 1. The largest absolute Gasteiger partial charge is 0.355 e. The van der Waals surface area contributed by atoms with Crippen LogP contribution in [-0.2, 0) is 16.3 Å². The van der Waals surface area contributed by atoms with Crippen LogP contribution in [0.25, 0.3) is 0 Å². The van der Waals surface area contributed by atoms with E-state index in [1.165, 1.54) is 16.7 Å². The van der Waals surface area contributed by atoms with E-state index in [4.69, 9.17) is 12.2 Å². The standard InChI is InChI=1S/C10H14N4O2S3/c1-2-3-8-13-14-10(18-8)12-9(17)11-7-4-5-19(15,16)6-7/h4-5,7H,2-3,6H2,1H3,(H2,11,12,14,17)/t7-/m1/s1. The van der Waals surface area contributed by atoms with E-state index in [1.54, 1.807) is 6.08 Å². The summed E-state index contributed by atoms with van der Waals surface area (Å²) >= 11 is 6.56. The van der Waals surface area contributed by atoms with Crippen molar-refractivity contribution in [2.24, 2.45) is 0 Å². The zero-order chi connectivity index (χ0) is 13.9. The number of hydrogen-bond donors (Lipinski definition) is 2. The van der Waals surface area contributed by atoms with Crippen LogP contribution in [0.5, 0.6) is 0 Å². The maximum absolute atomic E-state index is 11.2. The van der Waals surface area contributed by atoms with E-state index in [9.17, 15) is 8.42 Å². The molecule has 0 saturated carbocycles. The summed E-state index contributed by atoms with van der Waals surface area (Å²) in [7, 11) is -3.07. The number of anilines is 1. The Kier molecular flexibility index (Phi) is 4.48. The Hall–Kier alpha value is -1.06. The number of hydrogen-bond acceptors (Lipinski definition) is 6. The molecule has 1 atom stereocenters. The van der Waals surface area contributed by atoms with Crippen LogP contribution in [0.1, 0.15) is 18.4 Å². The van der Waals surface area contributed by atoms with Gasteiger partial charge in [0.25, 0.3) is 0 Å². The van der Waals surface area contributed by atoms with Crippen LogP contribution in [-0.4, -0.2) is 35.5 Å². The van der Waals surface area contributed by atoms with Crippen molar-refractivity contribution in [1.29, 1.82) is 0 Å². The number of rotatable bonds is 4. The number of aryl methyl sites for hydroxylation is 1. The third-order valence-electron chi connectivity index (χ3n) is 2.40. The molecular weight excluding hydrogens is 304 g/mol. The minimum absolute atomic E-state index is 0.0338. The first-order chi connectivity index (χ1) is 8.98. The number of aromatic nitrogens is 2. The molecule has 0 amide bonds. The lowest BCUT2D eigenvalue weighted by Gasteiger charge is -2.12. The minimum atomic E-state index is -3.07. The Bertz CT molecular complexity index is 594. The molecule has 0 spiro atoms. The Morgan fingerprint density at radius 3 is 3.00 bits per heavy atom. The van der Waals surface area contributed by atoms with Crippen LogP contribution in [0.4, 0.5) is 5.13 Å². The Labute approximate surface area is 121 Å². The van der Waals surface area contributed by atoms with Crippen molar-refractivity contribution in [1.82, 2.24) is 15.5 Å². The molecule has 1 aromatic heterocycles. The lowest BCUT2D eigenvalue weighted by molar-refractivity contribution is 0.603. The molecule has 9 heteroatoms. The second-order valence-corrected chi connectivity index (χ2v) is 7.52. The van der Waals surface area contributed by atoms with Gasteiger partial charge in [-0.3, -0.25) is 0 Å². The van der Waals surface area contributed by atoms with Gasteiger partial charge >= 0.3 is 0 Å². The zero-order valence-corrected chi connectivity index (χ0v) is 12.7. The molecule has 1 aliphatic rings. The molecule has 2 heterocycles. The first kappa shape index (κ1) is 14.4. The van der Waals surface area contributed by atoms with Crippen LogP contribution in [0.15, 0.2) is 11.5 Å². The highest BCUT2D eigenvalue weighted by molar-refractivity contribution is 7.94. The molecule has 0 saturated heterocycles. The summed E-state index contributed by atoms with van der Waals surface area (Å²) in [6.45, 7) is 2.08. The van der Waals surface area contributed by atoms with Gasteiger partial charge in [0.1, 0.15) is 5.01 Å². The molecule has 0 radical (unpaired) electrons. The molecule has 19 heavy (non-hydrogen) atoms. The van der Waals surface area contributed by atoms with E-state index in [-0.39, 0.29) is 11.8 Å². The van der Waals surface area contributed by atoms with Gasteiger partial charge in [0.2, 0.25) is 5.13 Å². The second-order valence-electron chi connectivity index (χ2n) is 4.11. The van der Waals surface area contributed by atoms with Crippen LogP contribution >= 0.6 is 23.6 Å². The van der Waals surface area contributed by atoms with Crippen LogP contribution in [0.2, 0.25) is 0 Å². The summed E-state index contributed by atoms with van der Waals surface area (Å²) in [5.41, 5.74) is 0. The average molecular weight is 318 g/mol. The summed E-state index contributed by atoms with van der Waals surface area (Å²) < 4.78 is 22.5. The predicted molar refractivity (Wildman–Crippen MR) is 80.0 cm³/mol. The Morgan fingerprint density at radius 2 is 2.37 bits per heavy atom. The van der Waals surface area contributed by atoms with Gasteiger partial charge in [-0.25, -0.2) is 8.42 Å². The SMILES string of the molecule is CCCc1nnc(NC(=S)N[C@@H]2C=CS(=O)(=O)C2)s1. The van der Waals surface area contributed by atoms with Crippen molar-refractivity contribution in [3.8, 4) is 0 Å². The first-order valence-corrected chi connectivity index (χ1v) is 8.73.